The quantitative estimate of drug-likeness (QED) is 0.710. The number of ether oxygens (including phenoxy) is 1. The highest BCUT2D eigenvalue weighted by atomic mass is 35.5. The number of rotatable bonds is 6. The number of carbonyl (C=O) groups excluding carboxylic acids is 1. The van der Waals surface area contributed by atoms with Crippen molar-refractivity contribution in [3.05, 3.63) is 46.2 Å². The van der Waals surface area contributed by atoms with E-state index in [-0.39, 0.29) is 12.6 Å². The van der Waals surface area contributed by atoms with E-state index < -0.39 is 0 Å². The number of hydrogen-bond acceptors (Lipinski definition) is 4. The molecule has 0 radical (unpaired) electrons. The molecule has 8 heteroatoms. The van der Waals surface area contributed by atoms with Crippen LogP contribution in [0.4, 0.5) is 0 Å². The number of amides is 1. The zero-order valence-electron chi connectivity index (χ0n) is 15.7. The molecule has 0 spiro atoms. The van der Waals surface area contributed by atoms with E-state index in [0.29, 0.717) is 21.5 Å². The first-order valence-corrected chi connectivity index (χ1v) is 10.5. The van der Waals surface area contributed by atoms with Crippen LogP contribution in [0.25, 0.3) is 0 Å². The number of benzene rings is 1. The Morgan fingerprint density at radius 3 is 2.64 bits per heavy atom. The van der Waals surface area contributed by atoms with E-state index in [2.05, 4.69) is 10.00 Å². The number of halogens is 2. The molecule has 28 heavy (non-hydrogen) atoms. The molecule has 2 aliphatic rings. The number of carbonyl (C=O) groups is 1. The Labute approximate surface area is 174 Å². The maximum atomic E-state index is 12.8. The van der Waals surface area contributed by atoms with Gasteiger partial charge in [-0.1, -0.05) is 29.3 Å². The largest absolute Gasteiger partial charge is 0.468 e. The highest BCUT2D eigenvalue weighted by molar-refractivity contribution is 6.37. The van der Waals surface area contributed by atoms with E-state index in [4.69, 9.17) is 27.9 Å². The zero-order valence-corrected chi connectivity index (χ0v) is 17.2. The predicted molar refractivity (Wildman–Crippen MR) is 109 cm³/mol. The van der Waals surface area contributed by atoms with Crippen LogP contribution >= 0.6 is 23.2 Å². The minimum Gasteiger partial charge on any atom is -0.468 e. The van der Waals surface area contributed by atoms with Gasteiger partial charge in [-0.15, -0.1) is 0 Å². The topological polar surface area (TPSA) is 50.6 Å². The molecular formula is C20H24Cl2N4O2. The van der Waals surface area contributed by atoms with Gasteiger partial charge in [-0.05, 0) is 49.9 Å². The summed E-state index contributed by atoms with van der Waals surface area (Å²) in [6, 6.07) is 6.92. The normalized spacial score (nSPS) is 18.1. The van der Waals surface area contributed by atoms with Gasteiger partial charge in [0, 0.05) is 32.4 Å². The van der Waals surface area contributed by atoms with Crippen molar-refractivity contribution < 1.29 is 9.53 Å². The third kappa shape index (κ3) is 4.80. The maximum absolute atomic E-state index is 12.8. The van der Waals surface area contributed by atoms with E-state index >= 15 is 0 Å². The van der Waals surface area contributed by atoms with Crippen molar-refractivity contribution in [2.45, 2.75) is 26.0 Å². The molecule has 1 amide bonds. The van der Waals surface area contributed by atoms with Crippen LogP contribution in [0.3, 0.4) is 0 Å². The highest BCUT2D eigenvalue weighted by Crippen LogP contribution is 2.32. The van der Waals surface area contributed by atoms with Crippen molar-refractivity contribution in [3.63, 3.8) is 0 Å². The van der Waals surface area contributed by atoms with Crippen LogP contribution < -0.4 is 4.74 Å². The molecule has 1 aromatic carbocycles. The number of hydrogen-bond donors (Lipinski definition) is 0. The third-order valence-corrected chi connectivity index (χ3v) is 5.80. The number of para-hydroxylation sites is 1. The molecule has 2 aromatic rings. The molecule has 1 aromatic heterocycles. The van der Waals surface area contributed by atoms with Crippen molar-refractivity contribution in [2.75, 3.05) is 32.7 Å². The zero-order chi connectivity index (χ0) is 19.5. The van der Waals surface area contributed by atoms with Gasteiger partial charge in [0.1, 0.15) is 0 Å². The summed E-state index contributed by atoms with van der Waals surface area (Å²) < 4.78 is 7.25. The summed E-state index contributed by atoms with van der Waals surface area (Å²) in [4.78, 5) is 17.2. The second kappa shape index (κ2) is 8.72. The highest BCUT2D eigenvalue weighted by Gasteiger charge is 2.27. The summed E-state index contributed by atoms with van der Waals surface area (Å²) >= 11 is 12.2. The minimum atomic E-state index is -0.0252. The lowest BCUT2D eigenvalue weighted by atomic mass is 10.3. The minimum absolute atomic E-state index is 0.0252. The van der Waals surface area contributed by atoms with Gasteiger partial charge in [0.25, 0.3) is 5.91 Å². The third-order valence-electron chi connectivity index (χ3n) is 5.21. The van der Waals surface area contributed by atoms with Gasteiger partial charge in [0.05, 0.1) is 10.0 Å². The Kier molecular flexibility index (Phi) is 6.09. The number of nitrogens with zero attached hydrogens (tertiary/aromatic N) is 4. The Morgan fingerprint density at radius 1 is 1.11 bits per heavy atom. The molecule has 6 nitrogen and oxygen atoms in total. The van der Waals surface area contributed by atoms with Crippen molar-refractivity contribution in [1.29, 1.82) is 0 Å². The van der Waals surface area contributed by atoms with Gasteiger partial charge >= 0.3 is 0 Å². The summed E-state index contributed by atoms with van der Waals surface area (Å²) in [6.45, 7) is 4.85. The SMILES string of the molecule is O=C(c1ccn(COc2c(Cl)cccc2Cl)n1)N1CCCN(CC2CC2)CC1. The lowest BCUT2D eigenvalue weighted by Crippen LogP contribution is -2.36. The standard InChI is InChI=1S/C20H24Cl2N4O2/c21-16-3-1-4-17(22)19(16)28-14-26-10-7-18(23-26)20(27)25-9-2-8-24(11-12-25)13-15-5-6-15/h1,3-4,7,10,15H,2,5-6,8-9,11-14H2. The summed E-state index contributed by atoms with van der Waals surface area (Å²) in [6.07, 6.45) is 5.46. The molecular weight excluding hydrogens is 399 g/mol. The van der Waals surface area contributed by atoms with Gasteiger partial charge in [-0.3, -0.25) is 4.79 Å². The molecule has 2 heterocycles. The fourth-order valence-corrected chi connectivity index (χ4v) is 3.99. The van der Waals surface area contributed by atoms with Crippen LogP contribution in [0.5, 0.6) is 5.75 Å². The Morgan fingerprint density at radius 2 is 1.89 bits per heavy atom. The van der Waals surface area contributed by atoms with Gasteiger partial charge < -0.3 is 14.5 Å². The summed E-state index contributed by atoms with van der Waals surface area (Å²) in [5, 5.41) is 5.25. The molecule has 0 unspecified atom stereocenters. The molecule has 1 saturated heterocycles. The second-order valence-corrected chi connectivity index (χ2v) is 8.27. The molecule has 150 valence electrons. The van der Waals surface area contributed by atoms with E-state index in [1.807, 2.05) is 4.90 Å². The van der Waals surface area contributed by atoms with E-state index in [1.165, 1.54) is 19.4 Å². The lowest BCUT2D eigenvalue weighted by molar-refractivity contribution is 0.0753. The Balaban J connectivity index is 1.33. The first-order valence-electron chi connectivity index (χ1n) is 9.72. The van der Waals surface area contributed by atoms with Gasteiger partial charge in [-0.2, -0.15) is 5.10 Å². The molecule has 0 bridgehead atoms. The molecule has 0 atom stereocenters. The smallest absolute Gasteiger partial charge is 0.274 e. The van der Waals surface area contributed by atoms with Crippen molar-refractivity contribution in [1.82, 2.24) is 19.6 Å². The fourth-order valence-electron chi connectivity index (χ4n) is 3.48. The van der Waals surface area contributed by atoms with Crippen LogP contribution in [0.2, 0.25) is 10.0 Å². The molecule has 2 fully saturated rings. The average molecular weight is 423 g/mol. The van der Waals surface area contributed by atoms with E-state index in [0.717, 1.165) is 38.5 Å². The molecule has 1 saturated carbocycles. The average Bonchev–Trinajstić information content (AvgIpc) is 3.42. The van der Waals surface area contributed by atoms with Crippen molar-refractivity contribution >= 4 is 29.1 Å². The van der Waals surface area contributed by atoms with E-state index in [9.17, 15) is 4.79 Å². The van der Waals surface area contributed by atoms with E-state index in [1.54, 1.807) is 35.1 Å². The molecule has 1 aliphatic carbocycles. The second-order valence-electron chi connectivity index (χ2n) is 7.45. The summed E-state index contributed by atoms with van der Waals surface area (Å²) in [5.41, 5.74) is 0.435. The maximum Gasteiger partial charge on any atom is 0.274 e. The monoisotopic (exact) mass is 422 g/mol. The first-order chi connectivity index (χ1) is 13.6. The van der Waals surface area contributed by atoms with Crippen LogP contribution in [0, 0.1) is 5.92 Å². The van der Waals surface area contributed by atoms with Gasteiger partial charge in [-0.25, -0.2) is 4.68 Å². The lowest BCUT2D eigenvalue weighted by Gasteiger charge is -2.21. The molecule has 1 aliphatic heterocycles. The van der Waals surface area contributed by atoms with Crippen molar-refractivity contribution in [3.8, 4) is 5.75 Å². The molecule has 0 N–H and O–H groups in total. The van der Waals surface area contributed by atoms with Gasteiger partial charge in [0.2, 0.25) is 0 Å². The van der Waals surface area contributed by atoms with Crippen LogP contribution in [-0.2, 0) is 6.73 Å². The molecule has 4 rings (SSSR count). The summed E-state index contributed by atoms with van der Waals surface area (Å²) in [5.74, 6) is 1.27. The van der Waals surface area contributed by atoms with Crippen LogP contribution in [-0.4, -0.2) is 58.2 Å². The first kappa shape index (κ1) is 19.6. The van der Waals surface area contributed by atoms with Crippen LogP contribution in [0.15, 0.2) is 30.5 Å². The predicted octanol–water partition coefficient (Wildman–Crippen LogP) is 3.78. The van der Waals surface area contributed by atoms with Crippen LogP contribution in [0.1, 0.15) is 29.8 Å². The Hall–Kier alpha value is -1.76. The number of aromatic nitrogens is 2. The van der Waals surface area contributed by atoms with Gasteiger partial charge in [0.15, 0.2) is 18.2 Å². The van der Waals surface area contributed by atoms with Crippen molar-refractivity contribution in [2.24, 2.45) is 5.92 Å². The fraction of sp³-hybridized carbons (Fsp3) is 0.500. The Bertz CT molecular complexity index is 817. The summed E-state index contributed by atoms with van der Waals surface area (Å²) in [7, 11) is 0.